The van der Waals surface area contributed by atoms with Gasteiger partial charge in [-0.15, -0.1) is 0 Å². The molecule has 0 aliphatic carbocycles. The molecule has 2 aromatic rings. The number of hydrogen-bond donors (Lipinski definition) is 0. The van der Waals surface area contributed by atoms with Crippen LogP contribution >= 0.6 is 0 Å². The highest BCUT2D eigenvalue weighted by Gasteiger charge is 2.63. The van der Waals surface area contributed by atoms with Crippen molar-refractivity contribution in [3.63, 3.8) is 0 Å². The quantitative estimate of drug-likeness (QED) is 0.0707. The third kappa shape index (κ3) is 17.2. The van der Waals surface area contributed by atoms with Crippen LogP contribution in [0.25, 0.3) is 0 Å². The van der Waals surface area contributed by atoms with Crippen LogP contribution in [0.3, 0.4) is 0 Å². The molecule has 0 N–H and O–H groups in total. The van der Waals surface area contributed by atoms with Gasteiger partial charge in [-0.2, -0.15) is 0 Å². The second-order valence-electron chi connectivity index (χ2n) is 32.2. The number of nitrogens with zero attached hydrogens (tertiary/aromatic N) is 2. The van der Waals surface area contributed by atoms with Crippen molar-refractivity contribution in [1.82, 2.24) is 0 Å². The third-order valence-electron chi connectivity index (χ3n) is 20.4. The van der Waals surface area contributed by atoms with Crippen LogP contribution in [0.15, 0.2) is 36.4 Å². The Morgan fingerprint density at radius 1 is 0.304 bits per heavy atom. The van der Waals surface area contributed by atoms with E-state index in [0.29, 0.717) is 79.0 Å². The van der Waals surface area contributed by atoms with E-state index in [1.54, 1.807) is 0 Å². The van der Waals surface area contributed by atoms with Crippen LogP contribution in [-0.2, 0) is 150 Å². The van der Waals surface area contributed by atoms with Gasteiger partial charge in [0.1, 0.15) is 97.7 Å². The molecule has 14 rings (SSSR count). The van der Waals surface area contributed by atoms with E-state index in [4.69, 9.17) is 123 Å². The SMILES string of the molecule is CCN(CCOCCOCCN(CC)c1cc(CO[C@@H]2[C@H]3OC(C)(C)O[C@H]3O[C@@H]2[C@H]2COC(C)(C)O2)cc(CO[C@@H]2[C@H]3OC(C)(C)O[C@H]3O[C@@H]2[C@H]2COC(C)(C)O2)c1)c1cc(CO[C@@H]2[C@H]3OC(C)(C)O[C@H]3O[C@@H]2[C@H]2COC(C)(C)O2)cc(CO[C@@H]2[C@H]3OC(C)(C)O[C@H]3O[C@@H]2[C@H]2COC(C)(C)O2)c1. The van der Waals surface area contributed by atoms with E-state index < -0.39 is 169 Å². The summed E-state index contributed by atoms with van der Waals surface area (Å²) in [5.41, 5.74) is 5.61. The van der Waals surface area contributed by atoms with E-state index in [1.807, 2.05) is 111 Å². The molecule has 0 amide bonds. The minimum Gasteiger partial charge on any atom is -0.377 e. The molecule has 20 atom stereocenters. The topological polar surface area (TPSA) is 246 Å². The number of fused-ring (bicyclic) bond motifs is 4. The summed E-state index contributed by atoms with van der Waals surface area (Å²) in [6, 6.07) is 12.8. The zero-order valence-electron chi connectivity index (χ0n) is 62.8. The fourth-order valence-corrected chi connectivity index (χ4v) is 16.0. The zero-order chi connectivity index (χ0) is 72.1. The summed E-state index contributed by atoms with van der Waals surface area (Å²) in [6.07, 6.45) is -10.3. The second-order valence-corrected chi connectivity index (χ2v) is 32.2. The van der Waals surface area contributed by atoms with Crippen molar-refractivity contribution in [1.29, 1.82) is 0 Å². The van der Waals surface area contributed by atoms with Crippen molar-refractivity contribution in [2.45, 2.75) is 320 Å². The lowest BCUT2D eigenvalue weighted by Crippen LogP contribution is -2.44. The zero-order valence-corrected chi connectivity index (χ0v) is 62.8. The monoisotopic (exact) mass is 1440 g/mol. The van der Waals surface area contributed by atoms with Crippen LogP contribution in [0.4, 0.5) is 11.4 Å². The summed E-state index contributed by atoms with van der Waals surface area (Å²) >= 11 is 0. The standard InChI is InChI=1S/C74H112N2O26/c1-19-75(45-29-41(33-79-55-51(47-37-83-67(3,4)91-47)87-63-59(55)95-71(11,12)99-63)27-42(30-45)34-80-56-52(48-38-84-68(5,6)92-48)88-64-60(56)96-72(13,14)100-64)21-23-77-25-26-78-24-22-76(20-2)46-31-43(35-81-57-53(49-39-85-69(7,8)93-49)89-65-61(57)97-73(15,16)101-65)28-44(32-46)36-82-58-54(50-40-86-70(9,10)94-50)90-66-62(58)98-74(17,18)102-66/h27-32,47-66H,19-26,33-40H2,1-18H3/t47-,48-,49-,50-,51-,52-,53-,54-,55+,56+,57+,58+,59-,60-,61-,62-,63-,64-,65-,66-/m1/s1. The van der Waals surface area contributed by atoms with E-state index in [0.717, 1.165) is 33.6 Å². The first-order valence-corrected chi connectivity index (χ1v) is 36.9. The first-order valence-electron chi connectivity index (χ1n) is 36.9. The summed E-state index contributed by atoms with van der Waals surface area (Å²) in [5, 5.41) is 0. The molecule has 574 valence electrons. The Morgan fingerprint density at radius 2 is 0.549 bits per heavy atom. The van der Waals surface area contributed by atoms with Gasteiger partial charge >= 0.3 is 0 Å². The van der Waals surface area contributed by atoms with Gasteiger partial charge in [0.05, 0.1) is 79.3 Å². The molecule has 0 aromatic heterocycles. The average Bonchev–Trinajstić information content (AvgIpc) is 1.62. The van der Waals surface area contributed by atoms with Crippen molar-refractivity contribution in [3.05, 3.63) is 58.7 Å². The molecule has 0 radical (unpaired) electrons. The van der Waals surface area contributed by atoms with Crippen molar-refractivity contribution in [2.75, 3.05) is 88.8 Å². The first kappa shape index (κ1) is 75.8. The van der Waals surface area contributed by atoms with Gasteiger partial charge in [0.25, 0.3) is 0 Å². The number of ether oxygens (including phenoxy) is 26. The molecule has 102 heavy (non-hydrogen) atoms. The maximum atomic E-state index is 6.91. The highest BCUT2D eigenvalue weighted by atomic mass is 16.9. The van der Waals surface area contributed by atoms with Crippen LogP contribution in [0.5, 0.6) is 0 Å². The van der Waals surface area contributed by atoms with Crippen LogP contribution in [-0.4, -0.2) is 248 Å². The van der Waals surface area contributed by atoms with Gasteiger partial charge < -0.3 is 133 Å². The van der Waals surface area contributed by atoms with Crippen molar-refractivity contribution >= 4 is 11.4 Å². The Bertz CT molecular complexity index is 2800. The maximum absolute atomic E-state index is 6.91. The lowest BCUT2D eigenvalue weighted by atomic mass is 10.0. The van der Waals surface area contributed by atoms with E-state index in [2.05, 4.69) is 60.0 Å². The lowest BCUT2D eigenvalue weighted by Gasteiger charge is -2.30. The smallest absolute Gasteiger partial charge is 0.190 e. The fourth-order valence-electron chi connectivity index (χ4n) is 16.0. The predicted molar refractivity (Wildman–Crippen MR) is 359 cm³/mol. The van der Waals surface area contributed by atoms with E-state index in [1.165, 1.54) is 0 Å². The molecular formula is C74H112N2O26. The summed E-state index contributed by atoms with van der Waals surface area (Å²) in [7, 11) is 0. The van der Waals surface area contributed by atoms with Gasteiger partial charge in [-0.05, 0) is 171 Å². The molecule has 2 aromatic carbocycles. The van der Waals surface area contributed by atoms with Crippen LogP contribution in [0.1, 0.15) is 147 Å². The largest absolute Gasteiger partial charge is 0.377 e. The number of hydrogen-bond acceptors (Lipinski definition) is 28. The molecule has 0 saturated carbocycles. The summed E-state index contributed by atoms with van der Waals surface area (Å²) in [4.78, 5) is 4.57. The molecule has 12 aliphatic rings. The van der Waals surface area contributed by atoms with E-state index in [-0.39, 0.29) is 26.4 Å². The fraction of sp³-hybridized carbons (Fsp3) is 0.838. The number of rotatable bonds is 29. The first-order chi connectivity index (χ1) is 48.2. The van der Waals surface area contributed by atoms with Gasteiger partial charge in [-0.25, -0.2) is 0 Å². The normalized spacial score (nSPS) is 38.9. The summed E-state index contributed by atoms with van der Waals surface area (Å²) < 4.78 is 167. The maximum Gasteiger partial charge on any atom is 0.190 e. The molecule has 12 saturated heterocycles. The number of benzene rings is 2. The van der Waals surface area contributed by atoms with Crippen molar-refractivity contribution in [2.24, 2.45) is 0 Å². The highest BCUT2D eigenvalue weighted by molar-refractivity contribution is 5.52. The third-order valence-corrected chi connectivity index (χ3v) is 20.4. The van der Waals surface area contributed by atoms with Crippen molar-refractivity contribution < 1.29 is 123 Å². The molecule has 0 spiro atoms. The van der Waals surface area contributed by atoms with Gasteiger partial charge in [-0.1, -0.05) is 12.1 Å². The summed E-state index contributed by atoms with van der Waals surface area (Å²) in [5.74, 6) is -6.55. The Morgan fingerprint density at radius 3 is 0.765 bits per heavy atom. The van der Waals surface area contributed by atoms with E-state index >= 15 is 0 Å². The lowest BCUT2D eigenvalue weighted by molar-refractivity contribution is -0.237. The van der Waals surface area contributed by atoms with Crippen LogP contribution in [0.2, 0.25) is 0 Å². The predicted octanol–water partition coefficient (Wildman–Crippen LogP) is 7.73. The molecular weight excluding hydrogens is 1330 g/mol. The Balaban J connectivity index is 0.635. The van der Waals surface area contributed by atoms with Gasteiger partial charge in [-0.3, -0.25) is 0 Å². The van der Waals surface area contributed by atoms with Gasteiger partial charge in [0, 0.05) is 37.6 Å². The molecule has 12 aliphatic heterocycles. The number of anilines is 2. The summed E-state index contributed by atoms with van der Waals surface area (Å²) in [6.45, 7) is 40.9. The van der Waals surface area contributed by atoms with Crippen LogP contribution < -0.4 is 9.80 Å². The highest BCUT2D eigenvalue weighted by Crippen LogP contribution is 2.48. The minimum atomic E-state index is -0.862. The second kappa shape index (κ2) is 29.4. The van der Waals surface area contributed by atoms with Gasteiger partial charge in [0.2, 0.25) is 0 Å². The van der Waals surface area contributed by atoms with Crippen molar-refractivity contribution in [3.8, 4) is 0 Å². The molecule has 0 unspecified atom stereocenters. The van der Waals surface area contributed by atoms with Crippen LogP contribution in [0, 0.1) is 0 Å². The molecule has 28 heteroatoms. The molecule has 0 bridgehead atoms. The molecule has 12 fully saturated rings. The Hall–Kier alpha value is -3.00. The molecule has 28 nitrogen and oxygen atoms in total. The van der Waals surface area contributed by atoms with Gasteiger partial charge in [0.15, 0.2) is 71.5 Å². The number of likely N-dealkylation sites (N-methyl/N-ethyl adjacent to an activating group) is 2. The minimum absolute atomic E-state index is 0.223. The molecule has 12 heterocycles. The Kier molecular flexibility index (Phi) is 21.9. The van der Waals surface area contributed by atoms with E-state index in [9.17, 15) is 0 Å². The Labute approximate surface area is 600 Å². The average molecular weight is 1450 g/mol.